The van der Waals surface area contributed by atoms with Gasteiger partial charge in [-0.3, -0.25) is 9.98 Å². The number of hydrogen-bond donors (Lipinski definition) is 2. The number of nitrogens with zero attached hydrogens (tertiary/aromatic N) is 2. The molecule has 1 aliphatic carbocycles. The molecule has 1 fully saturated rings. The molecule has 1 aliphatic rings. The molecule has 0 bridgehead atoms. The first kappa shape index (κ1) is 52.7. The van der Waals surface area contributed by atoms with Crippen molar-refractivity contribution in [2.45, 2.75) is 116 Å². The highest BCUT2D eigenvalue weighted by Crippen LogP contribution is 2.49. The highest BCUT2D eigenvalue weighted by Gasteiger charge is 2.38. The van der Waals surface area contributed by atoms with Gasteiger partial charge >= 0.3 is 0 Å². The molecule has 392 valence electrons. The number of rotatable bonds is 10. The second-order valence-electron chi connectivity index (χ2n) is 25.1. The lowest BCUT2D eigenvalue weighted by Gasteiger charge is -2.37. The van der Waals surface area contributed by atoms with Crippen LogP contribution >= 0.6 is 0 Å². The summed E-state index contributed by atoms with van der Waals surface area (Å²) in [6.07, 6.45) is 7.64. The fourth-order valence-corrected chi connectivity index (χ4v) is 15.5. The number of phenolic OH excluding ortho intramolecular Hbond substituents is 2. The molecular formula is C72H74N2O2Si2. The standard InChI is InChI=1S/C72H74N2O2Si2/c1-71(2,3)77(7,8)55-37-31-49(32-38-55)61-41-35-47-21-11-15-25-57(47)65(61)67-59-27-17-13-23-51(59)43-53(69(67)75)45-73-63-29-19-20-30-64(63)74-46-54-44-52-24-14-18-28-60(52)68(70(54)76)66-58-26-16-12-22-48(58)36-42-62(66)50-33-39-56(40-34-50)78(9,10)72(4,5)6/h11-18,21-28,31-46,63-64,75-76H,19-20,29-30H2,1-10H3/t63-,64-/m1/s1. The molecule has 0 amide bonds. The molecule has 2 atom stereocenters. The average molecular weight is 1060 g/mol. The Labute approximate surface area is 464 Å². The third-order valence-electron chi connectivity index (χ3n) is 18.6. The molecule has 0 aromatic heterocycles. The van der Waals surface area contributed by atoms with E-state index in [1.54, 1.807) is 0 Å². The van der Waals surface area contributed by atoms with Gasteiger partial charge in [-0.05, 0) is 100 Å². The predicted octanol–water partition coefficient (Wildman–Crippen LogP) is 18.7. The van der Waals surface area contributed by atoms with Crippen molar-refractivity contribution in [3.8, 4) is 56.0 Å². The summed E-state index contributed by atoms with van der Waals surface area (Å²) in [7, 11) is -3.53. The summed E-state index contributed by atoms with van der Waals surface area (Å²) in [5, 5.41) is 37.4. The third-order valence-corrected chi connectivity index (χ3v) is 29.6. The van der Waals surface area contributed by atoms with Gasteiger partial charge in [-0.15, -0.1) is 0 Å². The van der Waals surface area contributed by atoms with Crippen molar-refractivity contribution in [3.05, 3.63) is 193 Å². The number of aliphatic imine (C=N–C) groups is 2. The van der Waals surface area contributed by atoms with E-state index >= 15 is 0 Å². The van der Waals surface area contributed by atoms with E-state index in [-0.39, 0.29) is 33.7 Å². The molecule has 78 heavy (non-hydrogen) atoms. The van der Waals surface area contributed by atoms with Gasteiger partial charge in [-0.1, -0.05) is 261 Å². The van der Waals surface area contributed by atoms with Gasteiger partial charge in [0.2, 0.25) is 0 Å². The largest absolute Gasteiger partial charge is 0.507 e. The normalized spacial score (nSPS) is 15.9. The van der Waals surface area contributed by atoms with Crippen LogP contribution in [0.1, 0.15) is 78.4 Å². The van der Waals surface area contributed by atoms with Crippen LogP contribution in [0, 0.1) is 0 Å². The van der Waals surface area contributed by atoms with Gasteiger partial charge in [-0.2, -0.15) is 0 Å². The van der Waals surface area contributed by atoms with Crippen molar-refractivity contribution in [2.24, 2.45) is 9.98 Å². The van der Waals surface area contributed by atoms with E-state index in [4.69, 9.17) is 9.98 Å². The number of aromatic hydroxyl groups is 2. The van der Waals surface area contributed by atoms with Crippen molar-refractivity contribution in [1.29, 1.82) is 0 Å². The second-order valence-corrected chi connectivity index (χ2v) is 35.8. The summed E-state index contributed by atoms with van der Waals surface area (Å²) in [5.74, 6) is 0.438. The van der Waals surface area contributed by atoms with Gasteiger partial charge in [0, 0.05) is 45.8 Å². The summed E-state index contributed by atoms with van der Waals surface area (Å²) < 4.78 is 0. The first-order valence-electron chi connectivity index (χ1n) is 28.1. The zero-order valence-electron chi connectivity index (χ0n) is 47.2. The Morgan fingerprint density at radius 3 is 1.06 bits per heavy atom. The Hall–Kier alpha value is -7.39. The summed E-state index contributed by atoms with van der Waals surface area (Å²) in [4.78, 5) is 10.7. The SMILES string of the molecule is CC(C)(C)[Si](C)(C)c1ccc(-c2ccc3ccccc3c2-c2c(O)c(C=N[C@@H]3CCCC[C@H]3N=Cc3cc4ccccc4c(-c4c(-c5ccc([Si](C)(C)C(C)(C)C)cc5)ccc5ccccc45)c3O)cc3ccccc23)cc1. The quantitative estimate of drug-likeness (QED) is 0.106. The minimum absolute atomic E-state index is 0.113. The van der Waals surface area contributed by atoms with E-state index in [2.05, 4.69) is 250 Å². The Morgan fingerprint density at radius 1 is 0.397 bits per heavy atom. The molecule has 0 radical (unpaired) electrons. The molecule has 1 saturated carbocycles. The molecule has 6 heteroatoms. The monoisotopic (exact) mass is 1050 g/mol. The van der Waals surface area contributed by atoms with Gasteiger partial charge < -0.3 is 10.2 Å². The molecular weight excluding hydrogens is 981 g/mol. The fraction of sp³-hybridized carbons (Fsp3) is 0.250. The molecule has 0 unspecified atom stereocenters. The van der Waals surface area contributed by atoms with E-state index in [1.165, 1.54) is 10.4 Å². The van der Waals surface area contributed by atoms with Gasteiger partial charge in [0.15, 0.2) is 0 Å². The molecule has 0 heterocycles. The smallest absolute Gasteiger partial charge is 0.132 e. The van der Waals surface area contributed by atoms with Crippen molar-refractivity contribution in [2.75, 3.05) is 0 Å². The average Bonchev–Trinajstić information content (AvgIpc) is 3.62. The summed E-state index contributed by atoms with van der Waals surface area (Å²) in [6.45, 7) is 24.1. The summed E-state index contributed by atoms with van der Waals surface area (Å²) >= 11 is 0. The highest BCUT2D eigenvalue weighted by atomic mass is 28.3. The van der Waals surface area contributed by atoms with Crippen LogP contribution in [-0.2, 0) is 0 Å². The maximum atomic E-state index is 12.8. The molecule has 4 nitrogen and oxygen atoms in total. The van der Waals surface area contributed by atoms with E-state index < -0.39 is 16.1 Å². The van der Waals surface area contributed by atoms with E-state index in [1.807, 2.05) is 12.4 Å². The minimum Gasteiger partial charge on any atom is -0.507 e. The molecule has 10 aromatic carbocycles. The van der Waals surface area contributed by atoms with Crippen LogP contribution in [-0.4, -0.2) is 50.9 Å². The zero-order valence-corrected chi connectivity index (χ0v) is 49.2. The Balaban J connectivity index is 0.983. The summed E-state index contributed by atoms with van der Waals surface area (Å²) in [5.41, 5.74) is 9.43. The molecule has 0 spiro atoms. The zero-order chi connectivity index (χ0) is 54.7. The van der Waals surface area contributed by atoms with Gasteiger partial charge in [-0.25, -0.2) is 0 Å². The lowest BCUT2D eigenvalue weighted by Crippen LogP contribution is -2.49. The maximum absolute atomic E-state index is 12.8. The molecule has 10 aromatic rings. The third kappa shape index (κ3) is 9.51. The Bertz CT molecular complexity index is 3710. The second kappa shape index (κ2) is 20.4. The van der Waals surface area contributed by atoms with E-state index in [9.17, 15) is 10.2 Å². The Morgan fingerprint density at radius 2 is 0.718 bits per heavy atom. The van der Waals surface area contributed by atoms with E-state index in [0.29, 0.717) is 11.1 Å². The number of benzene rings is 10. The molecule has 2 N–H and O–H groups in total. The molecule has 0 aliphatic heterocycles. The van der Waals surface area contributed by atoms with Crippen LogP contribution in [0.15, 0.2) is 192 Å². The van der Waals surface area contributed by atoms with Crippen LogP contribution in [0.25, 0.3) is 87.6 Å². The van der Waals surface area contributed by atoms with Crippen molar-refractivity contribution in [3.63, 3.8) is 0 Å². The van der Waals surface area contributed by atoms with E-state index in [0.717, 1.165) is 113 Å². The summed E-state index contributed by atoms with van der Waals surface area (Å²) in [6, 6.07) is 65.1. The van der Waals surface area contributed by atoms with Crippen molar-refractivity contribution < 1.29 is 10.2 Å². The number of hydrogen-bond acceptors (Lipinski definition) is 4. The van der Waals surface area contributed by atoms with Crippen LogP contribution in [0.2, 0.25) is 36.3 Å². The minimum atomic E-state index is -1.76. The van der Waals surface area contributed by atoms with Crippen LogP contribution in [0.4, 0.5) is 0 Å². The Kier molecular flexibility index (Phi) is 13.8. The van der Waals surface area contributed by atoms with Crippen LogP contribution < -0.4 is 10.4 Å². The maximum Gasteiger partial charge on any atom is 0.132 e. The number of phenols is 2. The van der Waals surface area contributed by atoms with Crippen LogP contribution in [0.3, 0.4) is 0 Å². The van der Waals surface area contributed by atoms with Crippen LogP contribution in [0.5, 0.6) is 11.5 Å². The molecule has 0 saturated heterocycles. The van der Waals surface area contributed by atoms with Gasteiger partial charge in [0.1, 0.15) is 11.5 Å². The fourth-order valence-electron chi connectivity index (χ4n) is 11.8. The van der Waals surface area contributed by atoms with Gasteiger partial charge in [0.05, 0.1) is 28.2 Å². The lowest BCUT2D eigenvalue weighted by molar-refractivity contribution is 0.390. The first-order chi connectivity index (χ1) is 37.3. The molecule has 11 rings (SSSR count). The predicted molar refractivity (Wildman–Crippen MR) is 343 cm³/mol. The van der Waals surface area contributed by atoms with Crippen molar-refractivity contribution in [1.82, 2.24) is 0 Å². The number of fused-ring (bicyclic) bond motifs is 4. The lowest BCUT2D eigenvalue weighted by atomic mass is 9.86. The van der Waals surface area contributed by atoms with Crippen molar-refractivity contribution >= 4 is 82.0 Å². The first-order valence-corrected chi connectivity index (χ1v) is 34.1. The van der Waals surface area contributed by atoms with Gasteiger partial charge in [0.25, 0.3) is 0 Å². The topological polar surface area (TPSA) is 65.2 Å². The highest BCUT2D eigenvalue weighted by molar-refractivity contribution is 6.92.